The van der Waals surface area contributed by atoms with Gasteiger partial charge >= 0.3 is 6.03 Å². The molecule has 0 fully saturated rings. The number of carbonyl (C=O) groups excluding carboxylic acids is 4. The smallest absolute Gasteiger partial charge is 0.316 e. The van der Waals surface area contributed by atoms with Crippen LogP contribution < -0.4 is 27.4 Å². The van der Waals surface area contributed by atoms with Gasteiger partial charge < -0.3 is 27.4 Å². The number of anilines is 1. The van der Waals surface area contributed by atoms with Crippen molar-refractivity contribution in [3.63, 3.8) is 0 Å². The van der Waals surface area contributed by atoms with Gasteiger partial charge in [-0.2, -0.15) is 0 Å². The SMILES string of the molecule is NC(=O)Nc1ccc(C(=O)NCCNC(=O)c2ccc(C(N)=O)s2)cc1. The predicted octanol–water partition coefficient (Wildman–Crippen LogP) is 0.497. The molecule has 1 aromatic carbocycles. The van der Waals surface area contributed by atoms with E-state index in [2.05, 4.69) is 16.0 Å². The van der Waals surface area contributed by atoms with Crippen molar-refractivity contribution in [1.29, 1.82) is 0 Å². The van der Waals surface area contributed by atoms with Crippen molar-refractivity contribution in [2.24, 2.45) is 11.5 Å². The third-order valence-electron chi connectivity index (χ3n) is 3.18. The number of nitrogens with two attached hydrogens (primary N) is 2. The zero-order valence-corrected chi connectivity index (χ0v) is 14.4. The molecule has 0 saturated carbocycles. The van der Waals surface area contributed by atoms with Crippen LogP contribution in [0.3, 0.4) is 0 Å². The molecule has 0 unspecified atom stereocenters. The Bertz CT molecular complexity index is 831. The van der Waals surface area contributed by atoms with Crippen molar-refractivity contribution in [1.82, 2.24) is 10.6 Å². The highest BCUT2D eigenvalue weighted by Crippen LogP contribution is 2.15. The fraction of sp³-hybridized carbons (Fsp3) is 0.125. The lowest BCUT2D eigenvalue weighted by Crippen LogP contribution is -2.34. The monoisotopic (exact) mass is 375 g/mol. The topological polar surface area (TPSA) is 156 Å². The van der Waals surface area contributed by atoms with Crippen LogP contribution in [-0.4, -0.2) is 36.8 Å². The molecular formula is C16H17N5O4S. The summed E-state index contributed by atoms with van der Waals surface area (Å²) in [6.07, 6.45) is 0. The second kappa shape index (κ2) is 8.62. The highest BCUT2D eigenvalue weighted by Gasteiger charge is 2.11. The van der Waals surface area contributed by atoms with Crippen LogP contribution in [0.2, 0.25) is 0 Å². The maximum atomic E-state index is 12.0. The van der Waals surface area contributed by atoms with E-state index in [0.717, 1.165) is 11.3 Å². The van der Waals surface area contributed by atoms with E-state index in [0.29, 0.717) is 21.0 Å². The quantitative estimate of drug-likeness (QED) is 0.447. The van der Waals surface area contributed by atoms with Gasteiger partial charge in [-0.15, -0.1) is 11.3 Å². The van der Waals surface area contributed by atoms with E-state index in [-0.39, 0.29) is 24.9 Å². The largest absolute Gasteiger partial charge is 0.365 e. The number of carbonyl (C=O) groups is 4. The molecule has 2 rings (SSSR count). The fourth-order valence-electron chi connectivity index (χ4n) is 1.98. The minimum atomic E-state index is -0.688. The van der Waals surface area contributed by atoms with Gasteiger partial charge in [-0.25, -0.2) is 4.79 Å². The molecule has 1 heterocycles. The number of hydrogen-bond donors (Lipinski definition) is 5. The van der Waals surface area contributed by atoms with E-state index in [4.69, 9.17) is 11.5 Å². The molecule has 0 bridgehead atoms. The van der Waals surface area contributed by atoms with E-state index < -0.39 is 11.9 Å². The van der Waals surface area contributed by atoms with Gasteiger partial charge in [0.1, 0.15) is 0 Å². The second-order valence-corrected chi connectivity index (χ2v) is 6.19. The maximum absolute atomic E-state index is 12.0. The van der Waals surface area contributed by atoms with Crippen molar-refractivity contribution in [2.75, 3.05) is 18.4 Å². The summed E-state index contributed by atoms with van der Waals surface area (Å²) in [5.41, 5.74) is 11.0. The van der Waals surface area contributed by atoms with E-state index in [1.807, 2.05) is 0 Å². The summed E-state index contributed by atoms with van der Waals surface area (Å²) in [7, 11) is 0. The van der Waals surface area contributed by atoms with Crippen LogP contribution >= 0.6 is 11.3 Å². The summed E-state index contributed by atoms with van der Waals surface area (Å²) in [6, 6.07) is 8.49. The lowest BCUT2D eigenvalue weighted by atomic mass is 10.2. The fourth-order valence-corrected chi connectivity index (χ4v) is 2.76. The molecule has 26 heavy (non-hydrogen) atoms. The number of hydrogen-bond acceptors (Lipinski definition) is 5. The predicted molar refractivity (Wildman–Crippen MR) is 97.2 cm³/mol. The van der Waals surface area contributed by atoms with E-state index in [1.165, 1.54) is 24.3 Å². The number of rotatable bonds is 7. The van der Waals surface area contributed by atoms with Crippen LogP contribution in [0.15, 0.2) is 36.4 Å². The van der Waals surface area contributed by atoms with Crippen molar-refractivity contribution in [3.05, 3.63) is 51.7 Å². The third-order valence-corrected chi connectivity index (χ3v) is 4.28. The van der Waals surface area contributed by atoms with Gasteiger partial charge in [0.05, 0.1) is 9.75 Å². The maximum Gasteiger partial charge on any atom is 0.316 e. The molecule has 9 nitrogen and oxygen atoms in total. The number of primary amides is 2. The van der Waals surface area contributed by atoms with E-state index >= 15 is 0 Å². The van der Waals surface area contributed by atoms with Gasteiger partial charge in [-0.3, -0.25) is 14.4 Å². The first-order valence-corrected chi connectivity index (χ1v) is 8.31. The van der Waals surface area contributed by atoms with Gasteiger partial charge in [0, 0.05) is 24.3 Å². The Labute approximate surface area is 152 Å². The highest BCUT2D eigenvalue weighted by atomic mass is 32.1. The van der Waals surface area contributed by atoms with Crippen LogP contribution in [0, 0.1) is 0 Å². The minimum absolute atomic E-state index is 0.218. The summed E-state index contributed by atoms with van der Waals surface area (Å²) < 4.78 is 0. The average Bonchev–Trinajstić information content (AvgIpc) is 3.09. The first kappa shape index (κ1) is 18.9. The molecule has 0 spiro atoms. The first-order chi connectivity index (χ1) is 12.4. The van der Waals surface area contributed by atoms with Gasteiger partial charge in [0.25, 0.3) is 17.7 Å². The number of benzene rings is 1. The van der Waals surface area contributed by atoms with E-state index in [9.17, 15) is 19.2 Å². The Morgan fingerprint density at radius 1 is 0.808 bits per heavy atom. The number of urea groups is 1. The molecule has 0 atom stereocenters. The summed E-state index contributed by atoms with van der Waals surface area (Å²) in [6.45, 7) is 0.440. The van der Waals surface area contributed by atoms with Crippen LogP contribution in [0.5, 0.6) is 0 Å². The number of thiophene rings is 1. The molecule has 0 saturated heterocycles. The molecule has 1 aromatic heterocycles. The summed E-state index contributed by atoms with van der Waals surface area (Å²) >= 11 is 1.00. The summed E-state index contributed by atoms with van der Waals surface area (Å²) in [4.78, 5) is 46.3. The summed E-state index contributed by atoms with van der Waals surface area (Å²) in [5, 5.41) is 7.68. The Balaban J connectivity index is 1.76. The van der Waals surface area contributed by atoms with Gasteiger partial charge in [0.2, 0.25) is 0 Å². The molecule has 10 heteroatoms. The molecular weight excluding hydrogens is 358 g/mol. The first-order valence-electron chi connectivity index (χ1n) is 7.49. The minimum Gasteiger partial charge on any atom is -0.365 e. The summed E-state index contributed by atoms with van der Waals surface area (Å²) in [5.74, 6) is -1.26. The van der Waals surface area contributed by atoms with Crippen LogP contribution in [0.4, 0.5) is 10.5 Å². The van der Waals surface area contributed by atoms with Crippen LogP contribution in [-0.2, 0) is 0 Å². The number of nitrogens with one attached hydrogen (secondary N) is 3. The zero-order valence-electron chi connectivity index (χ0n) is 13.6. The molecule has 0 aliphatic carbocycles. The Morgan fingerprint density at radius 2 is 1.38 bits per heavy atom. The highest BCUT2D eigenvalue weighted by molar-refractivity contribution is 7.15. The van der Waals surface area contributed by atoms with Gasteiger partial charge in [-0.05, 0) is 36.4 Å². The van der Waals surface area contributed by atoms with E-state index in [1.54, 1.807) is 12.1 Å². The number of amides is 5. The Kier molecular flexibility index (Phi) is 6.28. The zero-order chi connectivity index (χ0) is 19.1. The molecule has 0 aliphatic heterocycles. The molecule has 7 N–H and O–H groups in total. The standard InChI is InChI=1S/C16H17N5O4S/c17-13(22)11-5-6-12(26-11)15(24)20-8-7-19-14(23)9-1-3-10(4-2-9)21-16(18)25/h1-6H,7-8H2,(H2,17,22)(H,19,23)(H,20,24)(H3,18,21,25). The molecule has 2 aromatic rings. The Morgan fingerprint density at radius 3 is 1.92 bits per heavy atom. The van der Waals surface area contributed by atoms with Gasteiger partial charge in [-0.1, -0.05) is 0 Å². The van der Waals surface area contributed by atoms with Crippen LogP contribution in [0.1, 0.15) is 29.7 Å². The van der Waals surface area contributed by atoms with Crippen molar-refractivity contribution >= 4 is 40.8 Å². The molecule has 5 amide bonds. The lowest BCUT2D eigenvalue weighted by Gasteiger charge is -2.07. The molecule has 0 radical (unpaired) electrons. The van der Waals surface area contributed by atoms with Gasteiger partial charge in [0.15, 0.2) is 0 Å². The third kappa shape index (κ3) is 5.31. The normalized spacial score (nSPS) is 10.0. The Hall–Kier alpha value is -3.40. The van der Waals surface area contributed by atoms with Crippen molar-refractivity contribution in [3.8, 4) is 0 Å². The van der Waals surface area contributed by atoms with Crippen molar-refractivity contribution < 1.29 is 19.2 Å². The molecule has 0 aliphatic rings. The molecule has 136 valence electrons. The average molecular weight is 375 g/mol. The lowest BCUT2D eigenvalue weighted by molar-refractivity contribution is 0.0929. The van der Waals surface area contributed by atoms with Crippen molar-refractivity contribution in [2.45, 2.75) is 0 Å². The second-order valence-electron chi connectivity index (χ2n) is 5.11. The van der Waals surface area contributed by atoms with Crippen LogP contribution in [0.25, 0.3) is 0 Å².